The number of rotatable bonds is 3. The Balaban J connectivity index is 3.11. The number of benzene rings is 1. The standard InChI is InChI=1S/C13H21N/c1-9(2)11-5-6-13(10(3)4)12(7-11)8-14/h5-7,9-10H,8,14H2,1-4H3. The van der Waals surface area contributed by atoms with Gasteiger partial charge in [0.1, 0.15) is 0 Å². The summed E-state index contributed by atoms with van der Waals surface area (Å²) in [7, 11) is 0. The van der Waals surface area contributed by atoms with Crippen LogP contribution in [0.1, 0.15) is 56.2 Å². The molecule has 0 amide bonds. The van der Waals surface area contributed by atoms with Crippen LogP contribution in [0.2, 0.25) is 0 Å². The maximum Gasteiger partial charge on any atom is 0.0181 e. The second-order valence-corrected chi connectivity index (χ2v) is 4.47. The SMILES string of the molecule is CC(C)c1ccc(C(C)C)c(CN)c1. The van der Waals surface area contributed by atoms with Crippen LogP contribution in [0.25, 0.3) is 0 Å². The minimum Gasteiger partial charge on any atom is -0.326 e. The van der Waals surface area contributed by atoms with Gasteiger partial charge in [0.25, 0.3) is 0 Å². The Kier molecular flexibility index (Phi) is 3.70. The predicted octanol–water partition coefficient (Wildman–Crippen LogP) is 3.39. The van der Waals surface area contributed by atoms with E-state index in [-0.39, 0.29) is 0 Å². The minimum absolute atomic E-state index is 0.565. The van der Waals surface area contributed by atoms with Crippen molar-refractivity contribution in [2.75, 3.05) is 0 Å². The highest BCUT2D eigenvalue weighted by Gasteiger charge is 2.07. The van der Waals surface area contributed by atoms with Crippen LogP contribution >= 0.6 is 0 Å². The Bertz CT molecular complexity index is 300. The van der Waals surface area contributed by atoms with Crippen molar-refractivity contribution < 1.29 is 0 Å². The van der Waals surface area contributed by atoms with E-state index in [9.17, 15) is 0 Å². The lowest BCUT2D eigenvalue weighted by Crippen LogP contribution is -2.04. The van der Waals surface area contributed by atoms with Crippen LogP contribution in [0, 0.1) is 0 Å². The highest BCUT2D eigenvalue weighted by Crippen LogP contribution is 2.23. The van der Waals surface area contributed by atoms with Crippen molar-refractivity contribution in [1.82, 2.24) is 0 Å². The molecule has 0 aliphatic rings. The lowest BCUT2D eigenvalue weighted by Gasteiger charge is -2.14. The van der Waals surface area contributed by atoms with Gasteiger partial charge in [-0.2, -0.15) is 0 Å². The van der Waals surface area contributed by atoms with Crippen molar-refractivity contribution in [2.24, 2.45) is 5.73 Å². The molecule has 0 spiro atoms. The first kappa shape index (κ1) is 11.3. The summed E-state index contributed by atoms with van der Waals surface area (Å²) in [5.74, 6) is 1.15. The van der Waals surface area contributed by atoms with Crippen molar-refractivity contribution in [2.45, 2.75) is 46.1 Å². The molecule has 1 aromatic rings. The normalized spacial score (nSPS) is 11.4. The Morgan fingerprint density at radius 2 is 1.71 bits per heavy atom. The summed E-state index contributed by atoms with van der Waals surface area (Å²) in [6.45, 7) is 9.50. The van der Waals surface area contributed by atoms with E-state index in [2.05, 4.69) is 45.9 Å². The molecule has 1 heteroatoms. The fraction of sp³-hybridized carbons (Fsp3) is 0.538. The molecule has 0 atom stereocenters. The molecule has 2 N–H and O–H groups in total. The second-order valence-electron chi connectivity index (χ2n) is 4.47. The molecule has 0 radical (unpaired) electrons. The first-order valence-corrected chi connectivity index (χ1v) is 5.39. The molecule has 1 nitrogen and oxygen atoms in total. The molecule has 1 aromatic carbocycles. The molecule has 14 heavy (non-hydrogen) atoms. The van der Waals surface area contributed by atoms with Gasteiger partial charge in [0.2, 0.25) is 0 Å². The van der Waals surface area contributed by atoms with E-state index in [1.165, 1.54) is 16.7 Å². The molecule has 1 rings (SSSR count). The third kappa shape index (κ3) is 2.36. The van der Waals surface area contributed by atoms with Crippen molar-refractivity contribution in [3.05, 3.63) is 34.9 Å². The van der Waals surface area contributed by atoms with Gasteiger partial charge in [0.15, 0.2) is 0 Å². The molecular formula is C13H21N. The summed E-state index contributed by atoms with van der Waals surface area (Å²) < 4.78 is 0. The van der Waals surface area contributed by atoms with Gasteiger partial charge in [0.05, 0.1) is 0 Å². The third-order valence-electron chi connectivity index (χ3n) is 2.68. The molecule has 0 bridgehead atoms. The zero-order valence-corrected chi connectivity index (χ0v) is 9.67. The van der Waals surface area contributed by atoms with Crippen LogP contribution in [-0.2, 0) is 6.54 Å². The van der Waals surface area contributed by atoms with E-state index >= 15 is 0 Å². The average Bonchev–Trinajstić information content (AvgIpc) is 2.16. The average molecular weight is 191 g/mol. The zero-order chi connectivity index (χ0) is 10.7. The molecule has 0 aromatic heterocycles. The van der Waals surface area contributed by atoms with Crippen molar-refractivity contribution in [3.63, 3.8) is 0 Å². The van der Waals surface area contributed by atoms with Crippen LogP contribution in [0.5, 0.6) is 0 Å². The fourth-order valence-electron chi connectivity index (χ4n) is 1.72. The van der Waals surface area contributed by atoms with Gasteiger partial charge in [-0.25, -0.2) is 0 Å². The first-order chi connectivity index (χ1) is 6.56. The fourth-order valence-corrected chi connectivity index (χ4v) is 1.72. The predicted molar refractivity (Wildman–Crippen MR) is 62.5 cm³/mol. The summed E-state index contributed by atoms with van der Waals surface area (Å²) in [6.07, 6.45) is 0. The molecule has 0 aliphatic carbocycles. The summed E-state index contributed by atoms with van der Waals surface area (Å²) in [5.41, 5.74) is 9.83. The molecule has 0 aliphatic heterocycles. The Morgan fingerprint density at radius 1 is 1.07 bits per heavy atom. The van der Waals surface area contributed by atoms with Gasteiger partial charge in [-0.3, -0.25) is 0 Å². The smallest absolute Gasteiger partial charge is 0.0181 e. The summed E-state index contributed by atoms with van der Waals surface area (Å²) in [4.78, 5) is 0. The van der Waals surface area contributed by atoms with Crippen molar-refractivity contribution >= 4 is 0 Å². The molecule has 78 valence electrons. The Hall–Kier alpha value is -0.820. The van der Waals surface area contributed by atoms with Crippen LogP contribution < -0.4 is 5.73 Å². The lowest BCUT2D eigenvalue weighted by atomic mass is 9.92. The summed E-state index contributed by atoms with van der Waals surface area (Å²) >= 11 is 0. The largest absolute Gasteiger partial charge is 0.326 e. The van der Waals surface area contributed by atoms with E-state index in [1.54, 1.807) is 0 Å². The Labute approximate surface area is 87.3 Å². The summed E-state index contributed by atoms with van der Waals surface area (Å²) in [6, 6.07) is 6.70. The highest BCUT2D eigenvalue weighted by molar-refractivity contribution is 5.35. The van der Waals surface area contributed by atoms with Crippen LogP contribution in [0.4, 0.5) is 0 Å². The maximum atomic E-state index is 5.76. The third-order valence-corrected chi connectivity index (χ3v) is 2.68. The Morgan fingerprint density at radius 3 is 2.14 bits per heavy atom. The molecule has 0 heterocycles. The summed E-state index contributed by atoms with van der Waals surface area (Å²) in [5, 5.41) is 0. The maximum absolute atomic E-state index is 5.76. The van der Waals surface area contributed by atoms with Gasteiger partial charge >= 0.3 is 0 Å². The monoisotopic (exact) mass is 191 g/mol. The van der Waals surface area contributed by atoms with Crippen molar-refractivity contribution in [3.8, 4) is 0 Å². The van der Waals surface area contributed by atoms with E-state index in [0.717, 1.165) is 0 Å². The zero-order valence-electron chi connectivity index (χ0n) is 9.67. The molecule has 0 saturated heterocycles. The number of hydrogen-bond donors (Lipinski definition) is 1. The second kappa shape index (κ2) is 4.61. The van der Waals surface area contributed by atoms with Gasteiger partial charge in [-0.05, 0) is 28.5 Å². The molecular weight excluding hydrogens is 170 g/mol. The lowest BCUT2D eigenvalue weighted by molar-refractivity contribution is 0.820. The molecule has 0 saturated carbocycles. The molecule has 0 unspecified atom stereocenters. The van der Waals surface area contributed by atoms with E-state index in [4.69, 9.17) is 5.73 Å². The van der Waals surface area contributed by atoms with Gasteiger partial charge in [-0.15, -0.1) is 0 Å². The number of nitrogens with two attached hydrogens (primary N) is 1. The highest BCUT2D eigenvalue weighted by atomic mass is 14.5. The quantitative estimate of drug-likeness (QED) is 0.778. The van der Waals surface area contributed by atoms with E-state index < -0.39 is 0 Å². The van der Waals surface area contributed by atoms with E-state index in [0.29, 0.717) is 18.4 Å². The minimum atomic E-state index is 0.565. The number of hydrogen-bond acceptors (Lipinski definition) is 1. The van der Waals surface area contributed by atoms with Crippen LogP contribution in [0.3, 0.4) is 0 Å². The molecule has 0 fully saturated rings. The van der Waals surface area contributed by atoms with Gasteiger partial charge in [-0.1, -0.05) is 45.9 Å². The van der Waals surface area contributed by atoms with Crippen LogP contribution in [0.15, 0.2) is 18.2 Å². The van der Waals surface area contributed by atoms with E-state index in [1.807, 2.05) is 0 Å². The van der Waals surface area contributed by atoms with Crippen LogP contribution in [-0.4, -0.2) is 0 Å². The first-order valence-electron chi connectivity index (χ1n) is 5.39. The van der Waals surface area contributed by atoms with Gasteiger partial charge in [0, 0.05) is 6.54 Å². The van der Waals surface area contributed by atoms with Gasteiger partial charge < -0.3 is 5.73 Å². The topological polar surface area (TPSA) is 26.0 Å². The van der Waals surface area contributed by atoms with Crippen molar-refractivity contribution in [1.29, 1.82) is 0 Å².